The van der Waals surface area contributed by atoms with Gasteiger partial charge in [-0.1, -0.05) is 18.2 Å². The average molecular weight is 454 g/mol. The number of para-hydroxylation sites is 1. The molecule has 1 unspecified atom stereocenters. The smallest absolute Gasteiger partial charge is 0.258 e. The van der Waals surface area contributed by atoms with Gasteiger partial charge in [-0.3, -0.25) is 9.59 Å². The van der Waals surface area contributed by atoms with Crippen molar-refractivity contribution in [2.24, 2.45) is 0 Å². The van der Waals surface area contributed by atoms with E-state index in [2.05, 4.69) is 10.2 Å². The molecule has 7 heteroatoms. The van der Waals surface area contributed by atoms with Crippen LogP contribution in [0.1, 0.15) is 47.7 Å². The minimum absolute atomic E-state index is 0.0839. The molecule has 4 rings (SSSR count). The highest BCUT2D eigenvalue weighted by Gasteiger charge is 2.43. The van der Waals surface area contributed by atoms with E-state index in [1.807, 2.05) is 31.2 Å². The predicted octanol–water partition coefficient (Wildman–Crippen LogP) is 3.39. The zero-order chi connectivity index (χ0) is 23.6. The predicted molar refractivity (Wildman–Crippen MR) is 128 cm³/mol. The number of nitrogens with zero attached hydrogens (tertiary/aromatic N) is 2. The van der Waals surface area contributed by atoms with Crippen molar-refractivity contribution < 1.29 is 19.1 Å². The summed E-state index contributed by atoms with van der Waals surface area (Å²) in [6, 6.07) is 12.5. The second-order valence-electron chi connectivity index (χ2n) is 9.23. The van der Waals surface area contributed by atoms with Crippen molar-refractivity contribution >= 4 is 23.2 Å². The first-order valence-electron chi connectivity index (χ1n) is 11.7. The molecule has 1 fully saturated rings. The second-order valence-corrected chi connectivity index (χ2v) is 9.23. The molecule has 0 radical (unpaired) electrons. The van der Waals surface area contributed by atoms with E-state index in [1.165, 1.54) is 12.8 Å². The maximum atomic E-state index is 15.9. The molecule has 176 valence electrons. The van der Waals surface area contributed by atoms with Gasteiger partial charge in [0.2, 0.25) is 0 Å². The Morgan fingerprint density at radius 3 is 2.58 bits per heavy atom. The maximum Gasteiger partial charge on any atom is 0.258 e. The van der Waals surface area contributed by atoms with Gasteiger partial charge in [-0.05, 0) is 62.1 Å². The molecule has 1 saturated heterocycles. The molecule has 2 aromatic rings. The Morgan fingerprint density at radius 2 is 1.88 bits per heavy atom. The summed E-state index contributed by atoms with van der Waals surface area (Å²) < 4.78 is 15.9. The topological polar surface area (TPSA) is 72.9 Å². The number of aryl methyl sites for hydroxylation is 1. The van der Waals surface area contributed by atoms with Crippen LogP contribution in [0, 0.1) is 6.92 Å². The van der Waals surface area contributed by atoms with Crippen molar-refractivity contribution in [2.75, 3.05) is 36.0 Å². The standard InChI is InChI=1S/C26H32FN3O3/c1-18-15-21(29-12-5-6-13-29)9-10-22(18)24(32)30-14-11-26(27,25(33)28-19(2)17-31)16-20-7-3-4-8-23(20)30/h3-4,7-10,15,19,31H,5-6,11-14,16-17H2,1-2H3,(H,28,33)/t19-,26?/m0/s1. The lowest BCUT2D eigenvalue weighted by molar-refractivity contribution is -0.134. The third-order valence-corrected chi connectivity index (χ3v) is 6.70. The summed E-state index contributed by atoms with van der Waals surface area (Å²) in [6.07, 6.45) is 2.12. The van der Waals surface area contributed by atoms with Crippen LogP contribution in [0.4, 0.5) is 15.8 Å². The molecule has 0 spiro atoms. The third kappa shape index (κ3) is 4.74. The largest absolute Gasteiger partial charge is 0.394 e. The average Bonchev–Trinajstić information content (AvgIpc) is 3.29. The number of amides is 2. The molecule has 2 heterocycles. The van der Waals surface area contributed by atoms with E-state index >= 15 is 4.39 Å². The number of alkyl halides is 1. The number of hydrogen-bond acceptors (Lipinski definition) is 4. The van der Waals surface area contributed by atoms with Crippen molar-refractivity contribution in [1.29, 1.82) is 0 Å². The molecular weight excluding hydrogens is 421 g/mol. The number of nitrogens with one attached hydrogen (secondary N) is 1. The Labute approximate surface area is 194 Å². The molecule has 2 aromatic carbocycles. The number of carbonyl (C=O) groups is 2. The number of rotatable bonds is 5. The summed E-state index contributed by atoms with van der Waals surface area (Å²) >= 11 is 0. The normalized spacial score (nSPS) is 21.3. The minimum atomic E-state index is -2.16. The van der Waals surface area contributed by atoms with E-state index in [0.29, 0.717) is 16.8 Å². The van der Waals surface area contributed by atoms with Crippen LogP contribution in [-0.2, 0) is 11.2 Å². The van der Waals surface area contributed by atoms with Gasteiger partial charge in [0.15, 0.2) is 5.67 Å². The van der Waals surface area contributed by atoms with E-state index in [9.17, 15) is 14.7 Å². The summed E-state index contributed by atoms with van der Waals surface area (Å²) in [6.45, 7) is 5.43. The number of anilines is 2. The van der Waals surface area contributed by atoms with E-state index in [-0.39, 0.29) is 31.9 Å². The van der Waals surface area contributed by atoms with E-state index < -0.39 is 17.6 Å². The van der Waals surface area contributed by atoms with Crippen LogP contribution in [0.25, 0.3) is 0 Å². The molecule has 2 aliphatic heterocycles. The molecule has 0 aromatic heterocycles. The van der Waals surface area contributed by atoms with Gasteiger partial charge in [0, 0.05) is 55.5 Å². The number of aliphatic hydroxyl groups is 1. The first-order chi connectivity index (χ1) is 15.8. The summed E-state index contributed by atoms with van der Waals surface area (Å²) in [5.41, 5.74) is 1.67. The van der Waals surface area contributed by atoms with Crippen molar-refractivity contribution in [3.63, 3.8) is 0 Å². The van der Waals surface area contributed by atoms with E-state index in [0.717, 1.165) is 24.3 Å². The number of benzene rings is 2. The molecule has 2 aliphatic rings. The van der Waals surface area contributed by atoms with Crippen LogP contribution in [-0.4, -0.2) is 54.9 Å². The molecule has 0 aliphatic carbocycles. The fourth-order valence-corrected chi connectivity index (χ4v) is 4.73. The Morgan fingerprint density at radius 1 is 1.15 bits per heavy atom. The SMILES string of the molecule is Cc1cc(N2CCCC2)ccc1C(=O)N1CCC(F)(C(=O)N[C@@H](C)CO)Cc2ccccc21. The first-order valence-corrected chi connectivity index (χ1v) is 11.7. The fourth-order valence-electron chi connectivity index (χ4n) is 4.73. The highest BCUT2D eigenvalue weighted by Crippen LogP contribution is 2.35. The van der Waals surface area contributed by atoms with Crippen molar-refractivity contribution in [3.05, 3.63) is 59.2 Å². The lowest BCUT2D eigenvalue weighted by Crippen LogP contribution is -2.49. The van der Waals surface area contributed by atoms with Gasteiger partial charge in [-0.25, -0.2) is 4.39 Å². The minimum Gasteiger partial charge on any atom is -0.394 e. The molecular formula is C26H32FN3O3. The number of hydrogen-bond donors (Lipinski definition) is 2. The number of halogens is 1. The molecule has 2 N–H and O–H groups in total. The van der Waals surface area contributed by atoms with Crippen LogP contribution in [0.3, 0.4) is 0 Å². The summed E-state index contributed by atoms with van der Waals surface area (Å²) in [7, 11) is 0. The third-order valence-electron chi connectivity index (χ3n) is 6.70. The van der Waals surface area contributed by atoms with Crippen LogP contribution in [0.15, 0.2) is 42.5 Å². The van der Waals surface area contributed by atoms with Crippen LogP contribution >= 0.6 is 0 Å². The summed E-state index contributed by atoms with van der Waals surface area (Å²) in [5.74, 6) is -0.944. The number of carbonyl (C=O) groups excluding carboxylic acids is 2. The van der Waals surface area contributed by atoms with Crippen LogP contribution in [0.5, 0.6) is 0 Å². The van der Waals surface area contributed by atoms with Crippen molar-refractivity contribution in [3.8, 4) is 0 Å². The molecule has 6 nitrogen and oxygen atoms in total. The highest BCUT2D eigenvalue weighted by molar-refractivity contribution is 6.08. The quantitative estimate of drug-likeness (QED) is 0.728. The van der Waals surface area contributed by atoms with Gasteiger partial charge in [-0.15, -0.1) is 0 Å². The lowest BCUT2D eigenvalue weighted by atomic mass is 9.92. The van der Waals surface area contributed by atoms with Gasteiger partial charge in [0.05, 0.1) is 6.61 Å². The van der Waals surface area contributed by atoms with Crippen molar-refractivity contribution in [1.82, 2.24) is 5.32 Å². The molecule has 2 atom stereocenters. The van der Waals surface area contributed by atoms with Gasteiger partial charge in [0.25, 0.3) is 11.8 Å². The van der Waals surface area contributed by atoms with E-state index in [4.69, 9.17) is 0 Å². The zero-order valence-electron chi connectivity index (χ0n) is 19.3. The van der Waals surface area contributed by atoms with Crippen LogP contribution < -0.4 is 15.1 Å². The van der Waals surface area contributed by atoms with E-state index in [1.54, 1.807) is 30.0 Å². The van der Waals surface area contributed by atoms with Gasteiger partial charge < -0.3 is 20.2 Å². The molecule has 0 bridgehead atoms. The zero-order valence-corrected chi connectivity index (χ0v) is 19.3. The molecule has 2 amide bonds. The Hall–Kier alpha value is -2.93. The second kappa shape index (κ2) is 9.51. The fraction of sp³-hybridized carbons (Fsp3) is 0.462. The molecule has 33 heavy (non-hydrogen) atoms. The summed E-state index contributed by atoms with van der Waals surface area (Å²) in [4.78, 5) is 30.3. The highest BCUT2D eigenvalue weighted by atomic mass is 19.1. The van der Waals surface area contributed by atoms with Crippen LogP contribution in [0.2, 0.25) is 0 Å². The van der Waals surface area contributed by atoms with Gasteiger partial charge >= 0.3 is 0 Å². The summed E-state index contributed by atoms with van der Waals surface area (Å²) in [5, 5.41) is 11.8. The van der Waals surface area contributed by atoms with Gasteiger partial charge in [0.1, 0.15) is 0 Å². The monoisotopic (exact) mass is 453 g/mol. The maximum absolute atomic E-state index is 15.9. The van der Waals surface area contributed by atoms with Gasteiger partial charge in [-0.2, -0.15) is 0 Å². The Kier molecular flexibility index (Phi) is 6.70. The molecule has 0 saturated carbocycles. The lowest BCUT2D eigenvalue weighted by Gasteiger charge is -2.26. The van der Waals surface area contributed by atoms with Crippen molar-refractivity contribution in [2.45, 2.75) is 51.2 Å². The number of fused-ring (bicyclic) bond motifs is 1. The Balaban J connectivity index is 1.62. The first kappa shape index (κ1) is 23.2. The number of aliphatic hydroxyl groups excluding tert-OH is 1. The Bertz CT molecular complexity index is 1040.